The third-order valence-electron chi connectivity index (χ3n) is 3.86. The molecule has 0 saturated heterocycles. The molecule has 1 aromatic carbocycles. The molecule has 3 rings (SSSR count). The minimum absolute atomic E-state index is 0.102. The predicted octanol–water partition coefficient (Wildman–Crippen LogP) is 3.91. The summed E-state index contributed by atoms with van der Waals surface area (Å²) in [5.41, 5.74) is 3.44. The van der Waals surface area contributed by atoms with Crippen molar-refractivity contribution in [2.45, 2.75) is 12.8 Å². The van der Waals surface area contributed by atoms with E-state index in [0.717, 1.165) is 20.6 Å². The van der Waals surface area contributed by atoms with E-state index in [4.69, 9.17) is 16.3 Å². The fourth-order valence-electron chi connectivity index (χ4n) is 2.63. The number of amidine groups is 1. The molecule has 1 atom stereocenters. The van der Waals surface area contributed by atoms with Gasteiger partial charge < -0.3 is 10.1 Å². The molecule has 2 aromatic rings. The summed E-state index contributed by atoms with van der Waals surface area (Å²) in [5.74, 6) is 0.102. The van der Waals surface area contributed by atoms with Gasteiger partial charge in [-0.2, -0.15) is 0 Å². The molecule has 0 radical (unpaired) electrons. The van der Waals surface area contributed by atoms with Gasteiger partial charge in [0.2, 0.25) is 0 Å². The van der Waals surface area contributed by atoms with Crippen molar-refractivity contribution in [3.8, 4) is 0 Å². The molecule has 0 saturated carbocycles. The van der Waals surface area contributed by atoms with Crippen molar-refractivity contribution in [2.75, 3.05) is 19.7 Å². The van der Waals surface area contributed by atoms with Crippen LogP contribution >= 0.6 is 27.5 Å². The fraction of sp³-hybridized carbons (Fsp3) is 0.294. The second-order valence-electron chi connectivity index (χ2n) is 5.36. The number of aliphatic imine (C=N–C) groups is 1. The van der Waals surface area contributed by atoms with Crippen LogP contribution in [0.5, 0.6) is 0 Å². The van der Waals surface area contributed by atoms with Gasteiger partial charge in [-0.05, 0) is 51.7 Å². The minimum Gasteiger partial charge on any atom is -0.463 e. The van der Waals surface area contributed by atoms with Crippen LogP contribution in [-0.2, 0) is 4.74 Å². The first kappa shape index (κ1) is 16.3. The van der Waals surface area contributed by atoms with E-state index in [1.165, 1.54) is 5.56 Å². The number of halogens is 2. The van der Waals surface area contributed by atoms with Crippen molar-refractivity contribution in [3.05, 3.63) is 62.8 Å². The summed E-state index contributed by atoms with van der Waals surface area (Å²) in [6.07, 6.45) is 3.72. The number of rotatable bonds is 4. The van der Waals surface area contributed by atoms with E-state index in [9.17, 15) is 0 Å². The standard InChI is InChI=1S/C17H17BrClN3O/c1-11-14(8-20-10-16(11)18)15(9-22-17-21-5-6-23-17)12-3-2-4-13(19)7-12/h2-4,7-8,10,15H,5-6,9H2,1H3,(H,21,22). The van der Waals surface area contributed by atoms with E-state index in [1.54, 1.807) is 0 Å². The van der Waals surface area contributed by atoms with E-state index in [0.29, 0.717) is 25.7 Å². The average Bonchev–Trinajstić information content (AvgIpc) is 3.05. The molecule has 0 spiro atoms. The lowest BCUT2D eigenvalue weighted by Crippen LogP contribution is -2.29. The summed E-state index contributed by atoms with van der Waals surface area (Å²) in [5, 5.41) is 4.01. The number of aromatic nitrogens is 1. The van der Waals surface area contributed by atoms with Crippen molar-refractivity contribution in [1.82, 2.24) is 10.3 Å². The maximum Gasteiger partial charge on any atom is 0.284 e. The van der Waals surface area contributed by atoms with Gasteiger partial charge in [-0.3, -0.25) is 4.98 Å². The third-order valence-corrected chi connectivity index (χ3v) is 4.90. The van der Waals surface area contributed by atoms with E-state index >= 15 is 0 Å². The summed E-state index contributed by atoms with van der Waals surface area (Å²) in [6, 6.07) is 8.53. The largest absolute Gasteiger partial charge is 0.463 e. The van der Waals surface area contributed by atoms with E-state index in [-0.39, 0.29) is 5.92 Å². The van der Waals surface area contributed by atoms with Crippen molar-refractivity contribution < 1.29 is 4.74 Å². The molecule has 1 unspecified atom stereocenters. The van der Waals surface area contributed by atoms with Crippen LogP contribution in [0.3, 0.4) is 0 Å². The van der Waals surface area contributed by atoms with Crippen molar-refractivity contribution in [3.63, 3.8) is 0 Å². The molecule has 0 aliphatic carbocycles. The van der Waals surface area contributed by atoms with Gasteiger partial charge in [0.15, 0.2) is 0 Å². The highest BCUT2D eigenvalue weighted by Gasteiger charge is 2.20. The van der Waals surface area contributed by atoms with Crippen LogP contribution in [0.25, 0.3) is 0 Å². The number of ether oxygens (including phenoxy) is 1. The molecule has 1 N–H and O–H groups in total. The lowest BCUT2D eigenvalue weighted by Gasteiger charge is -2.21. The van der Waals surface area contributed by atoms with Crippen molar-refractivity contribution in [1.29, 1.82) is 0 Å². The summed E-state index contributed by atoms with van der Waals surface area (Å²) in [7, 11) is 0. The van der Waals surface area contributed by atoms with Crippen LogP contribution < -0.4 is 5.32 Å². The van der Waals surface area contributed by atoms with E-state index < -0.39 is 0 Å². The molecular weight excluding hydrogens is 378 g/mol. The van der Waals surface area contributed by atoms with Gasteiger partial charge in [0.25, 0.3) is 6.02 Å². The van der Waals surface area contributed by atoms with Crippen LogP contribution in [0.15, 0.2) is 46.1 Å². The zero-order valence-electron chi connectivity index (χ0n) is 12.7. The number of nitrogens with zero attached hydrogens (tertiary/aromatic N) is 2. The zero-order chi connectivity index (χ0) is 16.2. The second-order valence-corrected chi connectivity index (χ2v) is 6.65. The molecule has 120 valence electrons. The molecule has 6 heteroatoms. The molecule has 0 amide bonds. The number of benzene rings is 1. The zero-order valence-corrected chi connectivity index (χ0v) is 15.1. The predicted molar refractivity (Wildman–Crippen MR) is 96.2 cm³/mol. The van der Waals surface area contributed by atoms with Crippen molar-refractivity contribution in [2.24, 2.45) is 4.99 Å². The second kappa shape index (κ2) is 7.32. The molecule has 23 heavy (non-hydrogen) atoms. The Labute approximate surface area is 149 Å². The number of pyridine rings is 1. The van der Waals surface area contributed by atoms with Crippen molar-refractivity contribution >= 4 is 33.6 Å². The topological polar surface area (TPSA) is 46.5 Å². The van der Waals surface area contributed by atoms with Crippen LogP contribution in [0, 0.1) is 6.92 Å². The molecular formula is C17H17BrClN3O. The van der Waals surface area contributed by atoms with Crippen LogP contribution in [0.4, 0.5) is 0 Å². The Hall–Kier alpha value is -1.59. The van der Waals surface area contributed by atoms with E-state index in [1.807, 2.05) is 30.6 Å². The molecule has 1 aliphatic rings. The van der Waals surface area contributed by atoms with Crippen LogP contribution in [0.1, 0.15) is 22.6 Å². The first-order valence-electron chi connectivity index (χ1n) is 7.41. The minimum atomic E-state index is 0.102. The van der Waals surface area contributed by atoms with Gasteiger partial charge >= 0.3 is 0 Å². The summed E-state index contributed by atoms with van der Waals surface area (Å²) in [6.45, 7) is 4.10. The van der Waals surface area contributed by atoms with Gasteiger partial charge in [0.1, 0.15) is 6.61 Å². The summed E-state index contributed by atoms with van der Waals surface area (Å²) < 4.78 is 6.44. The highest BCUT2D eigenvalue weighted by atomic mass is 79.9. The maximum absolute atomic E-state index is 6.18. The van der Waals surface area contributed by atoms with Gasteiger partial charge in [-0.1, -0.05) is 23.7 Å². The number of hydrogen-bond donors (Lipinski definition) is 1. The first-order chi connectivity index (χ1) is 11.1. The Morgan fingerprint density at radius 1 is 1.39 bits per heavy atom. The number of nitrogens with one attached hydrogen (secondary N) is 1. The van der Waals surface area contributed by atoms with Crippen LogP contribution in [-0.4, -0.2) is 30.7 Å². The quantitative estimate of drug-likeness (QED) is 0.855. The first-order valence-corrected chi connectivity index (χ1v) is 8.59. The summed E-state index contributed by atoms with van der Waals surface area (Å²) in [4.78, 5) is 8.61. The van der Waals surface area contributed by atoms with Gasteiger partial charge in [-0.15, -0.1) is 0 Å². The Balaban J connectivity index is 1.93. The number of hydrogen-bond acceptors (Lipinski definition) is 4. The highest BCUT2D eigenvalue weighted by Crippen LogP contribution is 2.30. The molecule has 2 heterocycles. The molecule has 0 fully saturated rings. The molecule has 1 aliphatic heterocycles. The Bertz CT molecular complexity index is 736. The molecule has 1 aromatic heterocycles. The Kier molecular flexibility index (Phi) is 5.18. The maximum atomic E-state index is 6.18. The Morgan fingerprint density at radius 2 is 2.26 bits per heavy atom. The summed E-state index contributed by atoms with van der Waals surface area (Å²) >= 11 is 9.74. The highest BCUT2D eigenvalue weighted by molar-refractivity contribution is 9.10. The van der Waals surface area contributed by atoms with E-state index in [2.05, 4.69) is 44.2 Å². The lowest BCUT2D eigenvalue weighted by atomic mass is 9.89. The molecule has 4 nitrogen and oxygen atoms in total. The van der Waals surface area contributed by atoms with Gasteiger partial charge in [-0.25, -0.2) is 4.99 Å². The monoisotopic (exact) mass is 393 g/mol. The van der Waals surface area contributed by atoms with Crippen LogP contribution in [0.2, 0.25) is 5.02 Å². The normalized spacial score (nSPS) is 15.0. The smallest absolute Gasteiger partial charge is 0.284 e. The van der Waals surface area contributed by atoms with Gasteiger partial charge in [0, 0.05) is 34.4 Å². The SMILES string of the molecule is Cc1c(Br)cncc1C(CNC1=NCCO1)c1cccc(Cl)c1. The Morgan fingerprint density at radius 3 is 3.00 bits per heavy atom. The average molecular weight is 395 g/mol. The lowest BCUT2D eigenvalue weighted by molar-refractivity contribution is 0.331. The fourth-order valence-corrected chi connectivity index (χ4v) is 3.17. The third kappa shape index (κ3) is 3.85. The van der Waals surface area contributed by atoms with Gasteiger partial charge in [0.05, 0.1) is 6.54 Å². The molecule has 0 bridgehead atoms.